The Labute approximate surface area is 137 Å². The molecular weight excluding hydrogens is 310 g/mol. The number of sulfonamides is 1. The molecule has 0 heterocycles. The summed E-state index contributed by atoms with van der Waals surface area (Å²) >= 11 is 0. The maximum absolute atomic E-state index is 12.4. The highest BCUT2D eigenvalue weighted by Crippen LogP contribution is 2.29. The van der Waals surface area contributed by atoms with Gasteiger partial charge >= 0.3 is 0 Å². The van der Waals surface area contributed by atoms with Gasteiger partial charge in [-0.2, -0.15) is 0 Å². The van der Waals surface area contributed by atoms with Crippen molar-refractivity contribution in [2.24, 2.45) is 0 Å². The zero-order valence-electron chi connectivity index (χ0n) is 13.3. The van der Waals surface area contributed by atoms with Crippen LogP contribution in [0.3, 0.4) is 0 Å². The summed E-state index contributed by atoms with van der Waals surface area (Å²) in [5.74, 6) is 0. The highest BCUT2D eigenvalue weighted by Gasteiger charge is 2.36. The largest absolute Gasteiger partial charge is 0.388 e. The number of aryl methyl sites for hydroxylation is 2. The third-order valence-corrected chi connectivity index (χ3v) is 5.94. The summed E-state index contributed by atoms with van der Waals surface area (Å²) in [5.41, 5.74) is 3.09. The molecule has 0 atom stereocenters. The van der Waals surface area contributed by atoms with Crippen molar-refractivity contribution in [3.8, 4) is 0 Å². The van der Waals surface area contributed by atoms with Gasteiger partial charge in [0.1, 0.15) is 0 Å². The highest BCUT2D eigenvalue weighted by atomic mass is 32.2. The number of benzene rings is 2. The van der Waals surface area contributed by atoms with E-state index in [9.17, 15) is 13.5 Å². The molecule has 2 aromatic carbocycles. The Bertz CT molecular complexity index is 818. The van der Waals surface area contributed by atoms with Crippen molar-refractivity contribution in [3.63, 3.8) is 0 Å². The van der Waals surface area contributed by atoms with Crippen LogP contribution < -0.4 is 4.72 Å². The lowest BCUT2D eigenvalue weighted by Crippen LogP contribution is -2.43. The fraction of sp³-hybridized carbons (Fsp3) is 0.333. The van der Waals surface area contributed by atoms with Crippen molar-refractivity contribution in [1.29, 1.82) is 0 Å². The Hall–Kier alpha value is -1.69. The second-order valence-electron chi connectivity index (χ2n) is 6.42. The topological polar surface area (TPSA) is 66.4 Å². The van der Waals surface area contributed by atoms with Gasteiger partial charge in [-0.05, 0) is 48.2 Å². The summed E-state index contributed by atoms with van der Waals surface area (Å²) in [4.78, 5) is 0.236. The van der Waals surface area contributed by atoms with E-state index in [1.54, 1.807) is 18.2 Å². The fourth-order valence-corrected chi connectivity index (χ4v) is 4.20. The zero-order valence-corrected chi connectivity index (χ0v) is 14.2. The van der Waals surface area contributed by atoms with Crippen LogP contribution in [0.15, 0.2) is 47.4 Å². The molecule has 122 valence electrons. The molecule has 1 aliphatic rings. The molecule has 5 heteroatoms. The lowest BCUT2D eigenvalue weighted by atomic mass is 10.0. The number of rotatable bonds is 4. The van der Waals surface area contributed by atoms with Crippen LogP contribution >= 0.6 is 0 Å². The van der Waals surface area contributed by atoms with Gasteiger partial charge < -0.3 is 5.11 Å². The van der Waals surface area contributed by atoms with Gasteiger partial charge in [0.05, 0.1) is 10.5 Å². The van der Waals surface area contributed by atoms with Crippen molar-refractivity contribution >= 4 is 10.0 Å². The molecule has 23 heavy (non-hydrogen) atoms. The van der Waals surface area contributed by atoms with E-state index in [0.717, 1.165) is 22.3 Å². The van der Waals surface area contributed by atoms with Gasteiger partial charge in [0.2, 0.25) is 10.0 Å². The maximum atomic E-state index is 12.4. The van der Waals surface area contributed by atoms with Gasteiger partial charge in [0.25, 0.3) is 0 Å². The second kappa shape index (κ2) is 5.74. The zero-order chi connectivity index (χ0) is 16.7. The first-order valence-electron chi connectivity index (χ1n) is 7.65. The van der Waals surface area contributed by atoms with Crippen molar-refractivity contribution in [3.05, 3.63) is 64.7 Å². The van der Waals surface area contributed by atoms with Gasteiger partial charge in [-0.15, -0.1) is 0 Å². The Morgan fingerprint density at radius 1 is 1.04 bits per heavy atom. The average molecular weight is 331 g/mol. The predicted molar refractivity (Wildman–Crippen MR) is 89.9 cm³/mol. The van der Waals surface area contributed by atoms with Crippen LogP contribution in [0.25, 0.3) is 0 Å². The van der Waals surface area contributed by atoms with Crippen LogP contribution in [0.5, 0.6) is 0 Å². The first-order valence-corrected chi connectivity index (χ1v) is 9.14. The van der Waals surface area contributed by atoms with Gasteiger partial charge in [-0.3, -0.25) is 0 Å². The van der Waals surface area contributed by atoms with E-state index in [4.69, 9.17) is 0 Å². The highest BCUT2D eigenvalue weighted by molar-refractivity contribution is 7.89. The summed E-state index contributed by atoms with van der Waals surface area (Å²) in [6, 6.07) is 12.9. The molecule has 0 radical (unpaired) electrons. The van der Waals surface area contributed by atoms with Crippen LogP contribution in [-0.4, -0.2) is 25.7 Å². The molecule has 2 aromatic rings. The van der Waals surface area contributed by atoms with Crippen molar-refractivity contribution in [2.75, 3.05) is 6.54 Å². The third kappa shape index (κ3) is 3.32. The molecule has 2 N–H and O–H groups in total. The fourth-order valence-electron chi connectivity index (χ4n) is 2.99. The minimum Gasteiger partial charge on any atom is -0.388 e. The predicted octanol–water partition coefficient (Wildman–Crippen LogP) is 2.11. The molecule has 1 aliphatic carbocycles. The summed E-state index contributed by atoms with van der Waals surface area (Å²) in [6.45, 7) is 3.84. The van der Waals surface area contributed by atoms with Crippen LogP contribution in [0.2, 0.25) is 0 Å². The van der Waals surface area contributed by atoms with Crippen LogP contribution in [0, 0.1) is 13.8 Å². The molecule has 0 fully saturated rings. The van der Waals surface area contributed by atoms with E-state index in [0.29, 0.717) is 12.8 Å². The standard InChI is InChI=1S/C18H21NO3S/c1-13-7-8-17(9-14(13)2)23(21,22)19-12-18(20)10-15-5-3-4-6-16(15)11-18/h3-9,19-20H,10-12H2,1-2H3. The molecule has 0 unspecified atom stereocenters. The summed E-state index contributed by atoms with van der Waals surface area (Å²) in [7, 11) is -3.62. The smallest absolute Gasteiger partial charge is 0.240 e. The Morgan fingerprint density at radius 2 is 1.65 bits per heavy atom. The first-order chi connectivity index (χ1) is 10.8. The van der Waals surface area contributed by atoms with E-state index in [1.807, 2.05) is 38.1 Å². The molecule has 0 aromatic heterocycles. The Kier molecular flexibility index (Phi) is 4.04. The number of hydrogen-bond acceptors (Lipinski definition) is 3. The van der Waals surface area contributed by atoms with E-state index in [-0.39, 0.29) is 11.4 Å². The van der Waals surface area contributed by atoms with Gasteiger partial charge in [0.15, 0.2) is 0 Å². The van der Waals surface area contributed by atoms with Crippen molar-refractivity contribution in [2.45, 2.75) is 37.2 Å². The Morgan fingerprint density at radius 3 is 2.22 bits per heavy atom. The van der Waals surface area contributed by atoms with Gasteiger partial charge in [0, 0.05) is 19.4 Å². The molecule has 3 rings (SSSR count). The molecule has 0 amide bonds. The lowest BCUT2D eigenvalue weighted by molar-refractivity contribution is 0.0567. The van der Waals surface area contributed by atoms with E-state index < -0.39 is 15.6 Å². The average Bonchev–Trinajstić information content (AvgIpc) is 2.85. The monoisotopic (exact) mass is 331 g/mol. The van der Waals surface area contributed by atoms with E-state index >= 15 is 0 Å². The third-order valence-electron chi connectivity index (χ3n) is 4.54. The SMILES string of the molecule is Cc1ccc(S(=O)(=O)NCC2(O)Cc3ccccc3C2)cc1C. The lowest BCUT2D eigenvalue weighted by Gasteiger charge is -2.22. The van der Waals surface area contributed by atoms with Crippen LogP contribution in [0.4, 0.5) is 0 Å². The summed E-state index contributed by atoms with van der Waals surface area (Å²) in [6.07, 6.45) is 0.942. The number of hydrogen-bond donors (Lipinski definition) is 2. The molecule has 0 aliphatic heterocycles. The van der Waals surface area contributed by atoms with Gasteiger partial charge in [-0.1, -0.05) is 30.3 Å². The molecule has 4 nitrogen and oxygen atoms in total. The minimum absolute atomic E-state index is 0.0109. The second-order valence-corrected chi connectivity index (χ2v) is 8.18. The van der Waals surface area contributed by atoms with Crippen molar-refractivity contribution in [1.82, 2.24) is 4.72 Å². The first kappa shape index (κ1) is 16.2. The maximum Gasteiger partial charge on any atom is 0.240 e. The minimum atomic E-state index is -3.62. The molecule has 0 saturated carbocycles. The normalized spacial score (nSPS) is 16.3. The number of nitrogens with one attached hydrogen (secondary N) is 1. The van der Waals surface area contributed by atoms with E-state index in [1.165, 1.54) is 0 Å². The van der Waals surface area contributed by atoms with E-state index in [2.05, 4.69) is 4.72 Å². The Balaban J connectivity index is 1.74. The summed E-state index contributed by atoms with van der Waals surface area (Å²) < 4.78 is 27.5. The van der Waals surface area contributed by atoms with Gasteiger partial charge in [-0.25, -0.2) is 13.1 Å². The van der Waals surface area contributed by atoms with Crippen molar-refractivity contribution < 1.29 is 13.5 Å². The van der Waals surface area contributed by atoms with Crippen LogP contribution in [-0.2, 0) is 22.9 Å². The summed E-state index contributed by atoms with van der Waals surface area (Å²) in [5, 5.41) is 10.7. The number of fused-ring (bicyclic) bond motifs is 1. The quantitative estimate of drug-likeness (QED) is 0.902. The number of aliphatic hydroxyl groups is 1. The molecule has 0 spiro atoms. The van der Waals surface area contributed by atoms with Crippen LogP contribution in [0.1, 0.15) is 22.3 Å². The molecule has 0 bridgehead atoms. The molecule has 0 saturated heterocycles. The molecular formula is C18H21NO3S.